The molecule has 0 radical (unpaired) electrons. The summed E-state index contributed by atoms with van der Waals surface area (Å²) in [5.41, 5.74) is 10.6. The lowest BCUT2D eigenvalue weighted by atomic mass is 10.0. The predicted molar refractivity (Wildman–Crippen MR) is 113 cm³/mol. The van der Waals surface area contributed by atoms with Gasteiger partial charge in [-0.1, -0.05) is 48.5 Å². The van der Waals surface area contributed by atoms with Crippen molar-refractivity contribution < 1.29 is 4.79 Å². The van der Waals surface area contributed by atoms with E-state index in [1.54, 1.807) is 0 Å². The average Bonchev–Trinajstić information content (AvgIpc) is 3.25. The van der Waals surface area contributed by atoms with Gasteiger partial charge in [-0.15, -0.1) is 0 Å². The van der Waals surface area contributed by atoms with E-state index in [0.29, 0.717) is 11.8 Å². The quantitative estimate of drug-likeness (QED) is 0.869. The van der Waals surface area contributed by atoms with E-state index in [4.69, 9.17) is 5.73 Å². The van der Waals surface area contributed by atoms with E-state index < -0.39 is 0 Å². The molecule has 0 saturated carbocycles. The molecule has 1 amide bonds. The Morgan fingerprint density at radius 3 is 2.18 bits per heavy atom. The molecule has 3 unspecified atom stereocenters. The van der Waals surface area contributed by atoms with Crippen LogP contribution in [-0.2, 0) is 0 Å². The second-order valence-electron chi connectivity index (χ2n) is 8.56. The second kappa shape index (κ2) is 8.06. The van der Waals surface area contributed by atoms with Crippen molar-refractivity contribution in [1.82, 2.24) is 9.80 Å². The fraction of sp³-hybridized carbons (Fsp3) is 0.458. The highest BCUT2D eigenvalue weighted by molar-refractivity contribution is 5.97. The van der Waals surface area contributed by atoms with Gasteiger partial charge in [-0.25, -0.2) is 0 Å². The third-order valence-electron chi connectivity index (χ3n) is 6.53. The SMILES string of the molecule is Cc1cccc(C)c1C(=O)N1CC2CN(CCC(N)c3ccccc3)CC2C1. The highest BCUT2D eigenvalue weighted by atomic mass is 16.2. The molecule has 0 aromatic heterocycles. The maximum atomic E-state index is 13.1. The molecule has 148 valence electrons. The van der Waals surface area contributed by atoms with Crippen molar-refractivity contribution in [1.29, 1.82) is 0 Å². The van der Waals surface area contributed by atoms with Gasteiger partial charge < -0.3 is 15.5 Å². The van der Waals surface area contributed by atoms with Crippen molar-refractivity contribution in [3.8, 4) is 0 Å². The summed E-state index contributed by atoms with van der Waals surface area (Å²) in [4.78, 5) is 17.7. The lowest BCUT2D eigenvalue weighted by Gasteiger charge is -2.24. The summed E-state index contributed by atoms with van der Waals surface area (Å²) in [6, 6.07) is 16.6. The molecule has 2 aliphatic heterocycles. The Hall–Kier alpha value is -2.17. The van der Waals surface area contributed by atoms with Crippen LogP contribution in [0.25, 0.3) is 0 Å². The number of hydrogen-bond acceptors (Lipinski definition) is 3. The summed E-state index contributed by atoms with van der Waals surface area (Å²) in [6.45, 7) is 9.06. The highest BCUT2D eigenvalue weighted by Crippen LogP contribution is 2.33. The lowest BCUT2D eigenvalue weighted by molar-refractivity contribution is 0.0772. The van der Waals surface area contributed by atoms with Crippen LogP contribution >= 0.6 is 0 Å². The Kier molecular flexibility index (Phi) is 5.51. The summed E-state index contributed by atoms with van der Waals surface area (Å²) in [5, 5.41) is 0. The van der Waals surface area contributed by atoms with E-state index in [2.05, 4.69) is 34.1 Å². The van der Waals surface area contributed by atoms with Crippen LogP contribution in [0.5, 0.6) is 0 Å². The standard InChI is InChI=1S/C24H31N3O/c1-17-7-6-8-18(2)23(17)24(28)27-15-20-13-26(14-21(20)16-27)12-11-22(25)19-9-4-3-5-10-19/h3-10,20-22H,11-16,25H2,1-2H3. The number of aryl methyl sites for hydroxylation is 2. The van der Waals surface area contributed by atoms with Crippen molar-refractivity contribution in [3.05, 3.63) is 70.8 Å². The monoisotopic (exact) mass is 377 g/mol. The molecule has 4 nitrogen and oxygen atoms in total. The number of carbonyl (C=O) groups is 1. The van der Waals surface area contributed by atoms with E-state index >= 15 is 0 Å². The smallest absolute Gasteiger partial charge is 0.254 e. The van der Waals surface area contributed by atoms with Crippen LogP contribution in [0.3, 0.4) is 0 Å². The van der Waals surface area contributed by atoms with Crippen molar-refractivity contribution in [3.63, 3.8) is 0 Å². The maximum absolute atomic E-state index is 13.1. The van der Waals surface area contributed by atoms with Crippen LogP contribution in [0.4, 0.5) is 0 Å². The van der Waals surface area contributed by atoms with Gasteiger partial charge in [-0.05, 0) is 55.3 Å². The molecule has 4 heteroatoms. The van der Waals surface area contributed by atoms with Crippen LogP contribution < -0.4 is 5.73 Å². The highest BCUT2D eigenvalue weighted by Gasteiger charge is 2.41. The molecule has 2 N–H and O–H groups in total. The van der Waals surface area contributed by atoms with E-state index in [1.807, 2.05) is 38.1 Å². The van der Waals surface area contributed by atoms with Crippen LogP contribution in [0.1, 0.15) is 39.5 Å². The fourth-order valence-corrected chi connectivity index (χ4v) is 4.94. The van der Waals surface area contributed by atoms with Crippen molar-refractivity contribution in [2.45, 2.75) is 26.3 Å². The Morgan fingerprint density at radius 1 is 0.964 bits per heavy atom. The summed E-state index contributed by atoms with van der Waals surface area (Å²) in [5.74, 6) is 1.41. The Balaban J connectivity index is 1.31. The molecule has 28 heavy (non-hydrogen) atoms. The number of benzene rings is 2. The van der Waals surface area contributed by atoms with Gasteiger partial charge in [-0.2, -0.15) is 0 Å². The topological polar surface area (TPSA) is 49.6 Å². The molecule has 2 saturated heterocycles. The summed E-state index contributed by atoms with van der Waals surface area (Å²) in [6.07, 6.45) is 0.981. The first-order chi connectivity index (χ1) is 13.5. The second-order valence-corrected chi connectivity index (χ2v) is 8.56. The fourth-order valence-electron chi connectivity index (χ4n) is 4.94. The van der Waals surface area contributed by atoms with Gasteiger partial charge in [0.05, 0.1) is 0 Å². The zero-order chi connectivity index (χ0) is 19.7. The Morgan fingerprint density at radius 2 is 1.57 bits per heavy atom. The molecule has 2 aliphatic rings. The summed E-state index contributed by atoms with van der Waals surface area (Å²) in [7, 11) is 0. The first-order valence-electron chi connectivity index (χ1n) is 10.4. The summed E-state index contributed by atoms with van der Waals surface area (Å²) < 4.78 is 0. The van der Waals surface area contributed by atoms with Crippen LogP contribution in [0, 0.1) is 25.7 Å². The van der Waals surface area contributed by atoms with E-state index in [1.165, 1.54) is 5.56 Å². The number of carbonyl (C=O) groups excluding carboxylic acids is 1. The molecule has 0 aliphatic carbocycles. The number of fused-ring (bicyclic) bond motifs is 1. The van der Waals surface area contributed by atoms with Crippen LogP contribution in [0.15, 0.2) is 48.5 Å². The Bertz CT molecular complexity index is 801. The third kappa shape index (κ3) is 3.85. The van der Waals surface area contributed by atoms with Crippen molar-refractivity contribution in [2.75, 3.05) is 32.7 Å². The molecular weight excluding hydrogens is 346 g/mol. The van der Waals surface area contributed by atoms with E-state index in [-0.39, 0.29) is 11.9 Å². The number of rotatable bonds is 5. The molecule has 2 fully saturated rings. The number of amides is 1. The van der Waals surface area contributed by atoms with Gasteiger partial charge in [0, 0.05) is 37.8 Å². The van der Waals surface area contributed by atoms with E-state index in [0.717, 1.165) is 55.8 Å². The normalized spacial score (nSPS) is 23.0. The largest absolute Gasteiger partial charge is 0.338 e. The average molecular weight is 378 g/mol. The van der Waals surface area contributed by atoms with Gasteiger partial charge in [-0.3, -0.25) is 4.79 Å². The minimum atomic E-state index is 0.101. The minimum Gasteiger partial charge on any atom is -0.338 e. The van der Waals surface area contributed by atoms with Gasteiger partial charge in [0.1, 0.15) is 0 Å². The lowest BCUT2D eigenvalue weighted by Crippen LogP contribution is -2.34. The number of nitrogens with two attached hydrogens (primary N) is 1. The minimum absolute atomic E-state index is 0.101. The molecule has 4 rings (SSSR count). The van der Waals surface area contributed by atoms with Crippen molar-refractivity contribution in [2.24, 2.45) is 17.6 Å². The molecule has 0 spiro atoms. The van der Waals surface area contributed by atoms with Crippen molar-refractivity contribution >= 4 is 5.91 Å². The number of nitrogens with zero attached hydrogens (tertiary/aromatic N) is 2. The first kappa shape index (κ1) is 19.2. The van der Waals surface area contributed by atoms with Gasteiger partial charge >= 0.3 is 0 Å². The van der Waals surface area contributed by atoms with E-state index in [9.17, 15) is 4.79 Å². The summed E-state index contributed by atoms with van der Waals surface area (Å²) >= 11 is 0. The first-order valence-corrected chi connectivity index (χ1v) is 10.4. The molecule has 2 aromatic carbocycles. The predicted octanol–water partition coefficient (Wildman–Crippen LogP) is 3.40. The van der Waals surface area contributed by atoms with Crippen LogP contribution in [0.2, 0.25) is 0 Å². The zero-order valence-corrected chi connectivity index (χ0v) is 17.0. The maximum Gasteiger partial charge on any atom is 0.254 e. The van der Waals surface area contributed by atoms with Gasteiger partial charge in [0.2, 0.25) is 0 Å². The number of hydrogen-bond donors (Lipinski definition) is 1. The molecule has 2 heterocycles. The van der Waals surface area contributed by atoms with Gasteiger partial charge in [0.15, 0.2) is 0 Å². The molecule has 2 aromatic rings. The third-order valence-corrected chi connectivity index (χ3v) is 6.53. The van der Waals surface area contributed by atoms with Gasteiger partial charge in [0.25, 0.3) is 5.91 Å². The molecule has 3 atom stereocenters. The Labute approximate surface area is 168 Å². The van der Waals surface area contributed by atoms with Crippen LogP contribution in [-0.4, -0.2) is 48.4 Å². The molecular formula is C24H31N3O. The number of likely N-dealkylation sites (tertiary alicyclic amines) is 2. The molecule has 0 bridgehead atoms. The zero-order valence-electron chi connectivity index (χ0n) is 17.0.